The Morgan fingerprint density at radius 1 is 0.528 bits per heavy atom. The Hall–Kier alpha value is -1.94. The summed E-state index contributed by atoms with van der Waals surface area (Å²) in [7, 11) is -5.07. The van der Waals surface area contributed by atoms with E-state index in [1.165, 1.54) is 173 Å². The van der Waals surface area contributed by atoms with Crippen LogP contribution in [0.1, 0.15) is 258 Å². The lowest BCUT2D eigenvalue weighted by Gasteiger charge is -2.41. The fourth-order valence-electron chi connectivity index (χ4n) is 8.97. The lowest BCUT2D eigenvalue weighted by Crippen LogP contribution is -2.60. The van der Waals surface area contributed by atoms with Gasteiger partial charge in [-0.05, 0) is 77.0 Å². The molecule has 1 aliphatic heterocycles. The predicted octanol–water partition coefficient (Wildman–Crippen LogP) is 14.6. The summed E-state index contributed by atoms with van der Waals surface area (Å²) >= 11 is 0. The normalized spacial score (nSPS) is 19.2. The van der Waals surface area contributed by atoms with E-state index in [2.05, 4.69) is 66.6 Å². The van der Waals surface area contributed by atoms with Gasteiger partial charge >= 0.3 is 16.4 Å². The molecular formula is C59H108O12S. The van der Waals surface area contributed by atoms with E-state index in [-0.39, 0.29) is 19.6 Å². The van der Waals surface area contributed by atoms with Crippen molar-refractivity contribution in [3.8, 4) is 0 Å². The summed E-state index contributed by atoms with van der Waals surface area (Å²) in [6.45, 7) is 3.99. The Bertz CT molecular complexity index is 1430. The van der Waals surface area contributed by atoms with Crippen molar-refractivity contribution in [1.82, 2.24) is 0 Å². The number of unbranched alkanes of at least 4 members (excludes halogenated alkanes) is 31. The summed E-state index contributed by atoms with van der Waals surface area (Å²) < 4.78 is 59.4. The maximum Gasteiger partial charge on any atom is 0.397 e. The lowest BCUT2D eigenvalue weighted by molar-refractivity contribution is -0.301. The molecule has 0 aromatic rings. The molecule has 72 heavy (non-hydrogen) atoms. The zero-order chi connectivity index (χ0) is 52.4. The minimum Gasteiger partial charge on any atom is -0.457 e. The van der Waals surface area contributed by atoms with E-state index in [9.17, 15) is 33.1 Å². The minimum atomic E-state index is -5.07. The first-order valence-corrected chi connectivity index (χ1v) is 30.8. The van der Waals surface area contributed by atoms with Crippen molar-refractivity contribution in [2.45, 2.75) is 295 Å². The number of hydrogen-bond donors (Lipinski definition) is 4. The highest BCUT2D eigenvalue weighted by atomic mass is 32.3. The topological polar surface area (TPSA) is 178 Å². The van der Waals surface area contributed by atoms with Crippen LogP contribution in [-0.2, 0) is 38.3 Å². The molecule has 13 heteroatoms. The second-order valence-corrected chi connectivity index (χ2v) is 21.3. The van der Waals surface area contributed by atoms with Gasteiger partial charge in [-0.1, -0.05) is 223 Å². The van der Waals surface area contributed by atoms with Crippen molar-refractivity contribution in [3.63, 3.8) is 0 Å². The Morgan fingerprint density at radius 3 is 1.35 bits per heavy atom. The molecule has 0 aromatic heterocycles. The smallest absolute Gasteiger partial charge is 0.397 e. The molecule has 6 unspecified atom stereocenters. The van der Waals surface area contributed by atoms with Crippen molar-refractivity contribution in [1.29, 1.82) is 0 Å². The molecule has 1 fully saturated rings. The number of hydrogen-bond acceptors (Lipinski definition) is 11. The number of allylic oxidation sites excluding steroid dienone is 8. The van der Waals surface area contributed by atoms with Gasteiger partial charge in [0.1, 0.15) is 30.5 Å². The molecule has 0 saturated carbocycles. The molecule has 4 N–H and O–H groups in total. The van der Waals surface area contributed by atoms with Gasteiger partial charge in [-0.15, -0.1) is 0 Å². The van der Waals surface area contributed by atoms with Crippen molar-refractivity contribution >= 4 is 16.4 Å². The first-order chi connectivity index (χ1) is 35.1. The van der Waals surface area contributed by atoms with Crippen molar-refractivity contribution in [2.24, 2.45) is 0 Å². The van der Waals surface area contributed by atoms with Gasteiger partial charge in [0.25, 0.3) is 0 Å². The SMILES string of the molecule is CCCCC/C=C\C/C=C\CCCCCCCCCCCC(=O)OC(COCCCCCCCCCCCCCCCC/C=C\C/C=C\CCCCCCC)COC1OC(CO)C(O)C(OS(=O)(=O)O)C1O. The van der Waals surface area contributed by atoms with Crippen LogP contribution in [0.2, 0.25) is 0 Å². The van der Waals surface area contributed by atoms with Crippen LogP contribution in [0.4, 0.5) is 0 Å². The van der Waals surface area contributed by atoms with E-state index in [0.29, 0.717) is 13.0 Å². The van der Waals surface area contributed by atoms with Gasteiger partial charge in [-0.25, -0.2) is 4.18 Å². The number of ether oxygens (including phenoxy) is 4. The summed E-state index contributed by atoms with van der Waals surface area (Å²) in [6.07, 6.45) is 54.3. The summed E-state index contributed by atoms with van der Waals surface area (Å²) in [5.74, 6) is -0.401. The van der Waals surface area contributed by atoms with Crippen molar-refractivity contribution in [3.05, 3.63) is 48.6 Å². The monoisotopic (exact) mass is 1040 g/mol. The summed E-state index contributed by atoms with van der Waals surface area (Å²) in [4.78, 5) is 13.0. The summed E-state index contributed by atoms with van der Waals surface area (Å²) in [5.41, 5.74) is 0. The van der Waals surface area contributed by atoms with Gasteiger partial charge in [0.15, 0.2) is 6.29 Å². The number of aliphatic hydroxyl groups is 3. The third-order valence-corrected chi connectivity index (χ3v) is 13.9. The molecule has 0 bridgehead atoms. The molecule has 0 radical (unpaired) electrons. The van der Waals surface area contributed by atoms with Gasteiger partial charge in [-0.2, -0.15) is 8.42 Å². The highest BCUT2D eigenvalue weighted by Crippen LogP contribution is 2.26. The van der Waals surface area contributed by atoms with Crippen LogP contribution in [-0.4, -0.2) is 97.5 Å². The first kappa shape index (κ1) is 68.1. The molecule has 12 nitrogen and oxygen atoms in total. The van der Waals surface area contributed by atoms with Gasteiger partial charge in [0, 0.05) is 13.0 Å². The molecule has 1 saturated heterocycles. The van der Waals surface area contributed by atoms with Crippen LogP contribution < -0.4 is 0 Å². The quantitative estimate of drug-likeness (QED) is 0.0196. The van der Waals surface area contributed by atoms with Gasteiger partial charge in [-0.3, -0.25) is 9.35 Å². The van der Waals surface area contributed by atoms with E-state index in [1.54, 1.807) is 0 Å². The second kappa shape index (κ2) is 49.9. The first-order valence-electron chi connectivity index (χ1n) is 29.4. The second-order valence-electron chi connectivity index (χ2n) is 20.2. The average Bonchev–Trinajstić information content (AvgIpc) is 3.36. The zero-order valence-electron chi connectivity index (χ0n) is 45.7. The van der Waals surface area contributed by atoms with E-state index in [0.717, 1.165) is 57.8 Å². The maximum absolute atomic E-state index is 13.0. The van der Waals surface area contributed by atoms with Crippen LogP contribution in [0, 0.1) is 0 Å². The van der Waals surface area contributed by atoms with Crippen LogP contribution >= 0.6 is 0 Å². The van der Waals surface area contributed by atoms with Crippen LogP contribution in [0.15, 0.2) is 48.6 Å². The largest absolute Gasteiger partial charge is 0.457 e. The van der Waals surface area contributed by atoms with E-state index in [1.807, 2.05) is 0 Å². The number of carbonyl (C=O) groups is 1. The molecule has 422 valence electrons. The minimum absolute atomic E-state index is 0.0349. The van der Waals surface area contributed by atoms with Crippen molar-refractivity contribution in [2.75, 3.05) is 26.4 Å². The Kier molecular flexibility index (Phi) is 47.2. The lowest BCUT2D eigenvalue weighted by atomic mass is 9.99. The highest BCUT2D eigenvalue weighted by molar-refractivity contribution is 7.80. The Balaban J connectivity index is 2.27. The number of carbonyl (C=O) groups excluding carboxylic acids is 1. The summed E-state index contributed by atoms with van der Waals surface area (Å²) in [5, 5.41) is 30.8. The zero-order valence-corrected chi connectivity index (χ0v) is 46.6. The fraction of sp³-hybridized carbons (Fsp3) is 0.847. The molecular weight excluding hydrogens is 933 g/mol. The molecule has 0 amide bonds. The third kappa shape index (κ3) is 42.3. The fourth-order valence-corrected chi connectivity index (χ4v) is 9.48. The van der Waals surface area contributed by atoms with E-state index < -0.39 is 59.8 Å². The molecule has 0 spiro atoms. The molecule has 1 aliphatic rings. The number of esters is 1. The van der Waals surface area contributed by atoms with E-state index >= 15 is 0 Å². The third-order valence-electron chi connectivity index (χ3n) is 13.4. The molecule has 0 aromatic carbocycles. The van der Waals surface area contributed by atoms with Gasteiger partial charge in [0.2, 0.25) is 0 Å². The van der Waals surface area contributed by atoms with Crippen LogP contribution in [0.25, 0.3) is 0 Å². The molecule has 6 atom stereocenters. The number of aliphatic hydroxyl groups excluding tert-OH is 3. The molecule has 1 rings (SSSR count). The maximum atomic E-state index is 13.0. The van der Waals surface area contributed by atoms with Crippen molar-refractivity contribution < 1.29 is 56.2 Å². The Morgan fingerprint density at radius 2 is 0.917 bits per heavy atom. The van der Waals surface area contributed by atoms with Crippen LogP contribution in [0.5, 0.6) is 0 Å². The number of rotatable bonds is 52. The molecule has 1 heterocycles. The summed E-state index contributed by atoms with van der Waals surface area (Å²) in [6, 6.07) is 0. The highest BCUT2D eigenvalue weighted by Gasteiger charge is 2.48. The van der Waals surface area contributed by atoms with Gasteiger partial charge in [0.05, 0.1) is 19.8 Å². The molecule has 0 aliphatic carbocycles. The standard InChI is InChI=1S/C59H108O12S/c1-3-5-7-9-11-13-15-17-19-21-23-24-25-26-27-28-29-31-33-35-37-39-41-43-45-47-49-67-51-53(52-68-59-57(63)58(71-72(64,65)66)56(62)54(50-60)70-59)69-55(61)48-46-44-42-40-38-36-34-32-30-22-20-18-16-14-12-10-8-6-4-2/h12,14-15,17-18,20-21,23,53-54,56-60,62-63H,3-11,13,16,19,22,24-52H2,1-2H3,(H,64,65,66)/b14-12-,17-15-,20-18-,23-21-. The van der Waals surface area contributed by atoms with E-state index in [4.69, 9.17) is 18.9 Å². The van der Waals surface area contributed by atoms with Gasteiger partial charge < -0.3 is 34.3 Å². The van der Waals surface area contributed by atoms with Crippen LogP contribution in [0.3, 0.4) is 0 Å². The predicted molar refractivity (Wildman–Crippen MR) is 294 cm³/mol. The Labute approximate surface area is 440 Å². The average molecular weight is 1040 g/mol.